The van der Waals surface area contributed by atoms with Gasteiger partial charge >= 0.3 is 6.09 Å². The van der Waals surface area contributed by atoms with Gasteiger partial charge in [-0.2, -0.15) is 0 Å². The molecule has 12 nitrogen and oxygen atoms in total. The molecule has 3 unspecified atom stereocenters. The van der Waals surface area contributed by atoms with E-state index in [1.165, 1.54) is 13.2 Å². The van der Waals surface area contributed by atoms with Crippen LogP contribution in [0.5, 0.6) is 0 Å². The summed E-state index contributed by atoms with van der Waals surface area (Å²) in [6, 6.07) is 8.83. The van der Waals surface area contributed by atoms with Gasteiger partial charge in [-0.25, -0.2) is 14.2 Å². The first-order chi connectivity index (χ1) is 25.8. The van der Waals surface area contributed by atoms with E-state index in [1.807, 2.05) is 26.8 Å². The van der Waals surface area contributed by atoms with Crippen LogP contribution in [0, 0.1) is 18.7 Å². The van der Waals surface area contributed by atoms with Crippen molar-refractivity contribution in [3.05, 3.63) is 91.5 Å². The fourth-order valence-corrected chi connectivity index (χ4v) is 7.52. The van der Waals surface area contributed by atoms with Crippen LogP contribution < -0.4 is 21.5 Å². The Kier molecular flexibility index (Phi) is 11.3. The molecule has 13 heteroatoms. The molecule has 3 atom stereocenters. The number of hydrogen-bond acceptors (Lipinski definition) is 8. The summed E-state index contributed by atoms with van der Waals surface area (Å²) < 4.78 is 27.9. The minimum absolute atomic E-state index is 0.0384. The van der Waals surface area contributed by atoms with Gasteiger partial charge in [-0.3, -0.25) is 14.4 Å². The molecule has 4 aromatic rings. The number of anilines is 1. The van der Waals surface area contributed by atoms with Crippen LogP contribution in [0.1, 0.15) is 97.9 Å². The third kappa shape index (κ3) is 7.50. The maximum absolute atomic E-state index is 15.3. The minimum atomic E-state index is -0.711. The molecular weight excluding hydrogens is 693 g/mol. The van der Waals surface area contributed by atoms with Crippen molar-refractivity contribution in [1.29, 1.82) is 0 Å². The predicted molar refractivity (Wildman–Crippen MR) is 202 cm³/mol. The minimum Gasteiger partial charge on any atom is -0.445 e. The molecule has 1 aliphatic carbocycles. The van der Waals surface area contributed by atoms with Crippen molar-refractivity contribution in [2.24, 2.45) is 5.92 Å². The first kappa shape index (κ1) is 38.3. The second-order valence-electron chi connectivity index (χ2n) is 14.5. The first-order valence-corrected chi connectivity index (χ1v) is 18.3. The largest absolute Gasteiger partial charge is 0.445 e. The number of methoxy groups -OCH3 is 1. The monoisotopic (exact) mass is 739 g/mol. The summed E-state index contributed by atoms with van der Waals surface area (Å²) in [5, 5.41) is 9.26. The molecule has 0 bridgehead atoms. The van der Waals surface area contributed by atoms with Crippen LogP contribution in [-0.2, 0) is 50.0 Å². The van der Waals surface area contributed by atoms with E-state index in [0.717, 1.165) is 28.4 Å². The van der Waals surface area contributed by atoms with Crippen molar-refractivity contribution in [2.45, 2.75) is 98.1 Å². The molecule has 2 aromatic heterocycles. The SMILES string of the molecule is CCC(C=O)c1cc2n(c(=O)c1COC)Cc1c-2nc2cc(F)c(C)c3c2c1C(NC(=O)OCc1ccc(NC(=O)C(C)NC(=O)CC(C)C)cc1)CC3. The Labute approximate surface area is 312 Å². The second kappa shape index (κ2) is 15.9. The van der Waals surface area contributed by atoms with Gasteiger partial charge in [-0.05, 0) is 85.0 Å². The molecule has 54 heavy (non-hydrogen) atoms. The lowest BCUT2D eigenvalue weighted by molar-refractivity contribution is -0.126. The summed E-state index contributed by atoms with van der Waals surface area (Å²) in [6.45, 7) is 9.28. The number of aldehydes is 1. The lowest BCUT2D eigenvalue weighted by Gasteiger charge is -2.29. The Hall–Kier alpha value is -5.43. The highest BCUT2D eigenvalue weighted by Crippen LogP contribution is 2.45. The number of benzene rings is 2. The van der Waals surface area contributed by atoms with E-state index >= 15 is 4.39 Å². The van der Waals surface area contributed by atoms with Crippen molar-refractivity contribution in [2.75, 3.05) is 12.4 Å². The van der Waals surface area contributed by atoms with E-state index in [0.29, 0.717) is 70.5 Å². The van der Waals surface area contributed by atoms with Gasteiger partial charge in [0.2, 0.25) is 11.8 Å². The smallest absolute Gasteiger partial charge is 0.407 e. The Balaban J connectivity index is 1.23. The van der Waals surface area contributed by atoms with E-state index in [4.69, 9.17) is 14.5 Å². The number of alkyl carbamates (subject to hydrolysis) is 1. The summed E-state index contributed by atoms with van der Waals surface area (Å²) in [4.78, 5) is 69.0. The molecule has 2 aromatic carbocycles. The van der Waals surface area contributed by atoms with Gasteiger partial charge in [0.15, 0.2) is 0 Å². The van der Waals surface area contributed by atoms with Crippen LogP contribution >= 0.6 is 0 Å². The molecule has 3 amide bonds. The van der Waals surface area contributed by atoms with Crippen LogP contribution in [0.3, 0.4) is 0 Å². The maximum atomic E-state index is 15.3. The molecule has 0 saturated heterocycles. The van der Waals surface area contributed by atoms with E-state index in [1.54, 1.807) is 42.7 Å². The van der Waals surface area contributed by atoms with Gasteiger partial charge < -0.3 is 34.8 Å². The molecule has 0 radical (unpaired) electrons. The van der Waals surface area contributed by atoms with Crippen LogP contribution in [0.15, 0.2) is 41.2 Å². The van der Waals surface area contributed by atoms with Gasteiger partial charge in [0.1, 0.15) is 24.8 Å². The molecule has 0 fully saturated rings. The van der Waals surface area contributed by atoms with Crippen molar-refractivity contribution < 1.29 is 33.0 Å². The summed E-state index contributed by atoms with van der Waals surface area (Å²) >= 11 is 0. The highest BCUT2D eigenvalue weighted by molar-refractivity contribution is 5.97. The fraction of sp³-hybridized carbons (Fsp3) is 0.415. The molecular formula is C41H46FN5O7. The molecule has 0 saturated carbocycles. The molecule has 1 aliphatic heterocycles. The Bertz CT molecular complexity index is 2200. The molecule has 3 N–H and O–H groups in total. The number of aryl methyl sites for hydroxylation is 1. The Morgan fingerprint density at radius 1 is 1.09 bits per heavy atom. The Morgan fingerprint density at radius 3 is 2.50 bits per heavy atom. The lowest BCUT2D eigenvalue weighted by atomic mass is 9.82. The van der Waals surface area contributed by atoms with Crippen LogP contribution in [0.2, 0.25) is 0 Å². The highest BCUT2D eigenvalue weighted by atomic mass is 19.1. The van der Waals surface area contributed by atoms with Gasteiger partial charge in [0.25, 0.3) is 5.56 Å². The number of amides is 3. The van der Waals surface area contributed by atoms with E-state index < -0.39 is 24.1 Å². The number of fused-ring (bicyclic) bond motifs is 4. The number of carbonyl (C=O) groups excluding carboxylic acids is 4. The fourth-order valence-electron chi connectivity index (χ4n) is 7.52. The summed E-state index contributed by atoms with van der Waals surface area (Å²) in [5.74, 6) is -1.26. The number of hydrogen-bond donors (Lipinski definition) is 3. The first-order valence-electron chi connectivity index (χ1n) is 18.3. The van der Waals surface area contributed by atoms with Crippen LogP contribution in [-0.4, -0.2) is 46.9 Å². The van der Waals surface area contributed by atoms with Gasteiger partial charge in [-0.1, -0.05) is 32.9 Å². The van der Waals surface area contributed by atoms with Crippen molar-refractivity contribution in [3.8, 4) is 11.4 Å². The summed E-state index contributed by atoms with van der Waals surface area (Å²) in [7, 11) is 1.50. The number of ether oxygens (including phenoxy) is 2. The molecule has 0 spiro atoms. The molecule has 2 aliphatic rings. The van der Waals surface area contributed by atoms with E-state index in [9.17, 15) is 24.0 Å². The highest BCUT2D eigenvalue weighted by Gasteiger charge is 2.35. The zero-order chi connectivity index (χ0) is 38.8. The zero-order valence-corrected chi connectivity index (χ0v) is 31.4. The topological polar surface area (TPSA) is 158 Å². The van der Waals surface area contributed by atoms with Crippen LogP contribution in [0.25, 0.3) is 22.3 Å². The summed E-state index contributed by atoms with van der Waals surface area (Å²) in [6.07, 6.45) is 1.97. The predicted octanol–water partition coefficient (Wildman–Crippen LogP) is 6.11. The lowest BCUT2D eigenvalue weighted by Crippen LogP contribution is -2.41. The van der Waals surface area contributed by atoms with Gasteiger partial charge in [0, 0.05) is 47.7 Å². The quantitative estimate of drug-likeness (QED) is 0.122. The summed E-state index contributed by atoms with van der Waals surface area (Å²) in [5.41, 5.74) is 6.24. The third-order valence-corrected chi connectivity index (χ3v) is 10.3. The number of carbonyl (C=O) groups is 4. The standard InChI is InChI=1S/C41H46FN5O7/c1-7-25(18-48)28-15-34-38-29(17-47(34)40(51)30(28)20-53-6)37-32(13-12-27-22(4)31(42)16-33(45-38)36(27)37)46-41(52)54-19-24-8-10-26(11-9-24)44-39(50)23(5)43-35(49)14-21(2)3/h8-11,15-16,18,21,23,25,32H,7,12-14,17,19-20H2,1-6H3,(H,43,49)(H,44,50)(H,46,52). The number of halogens is 1. The maximum Gasteiger partial charge on any atom is 0.407 e. The van der Waals surface area contributed by atoms with Crippen molar-refractivity contribution >= 4 is 40.8 Å². The van der Waals surface area contributed by atoms with Crippen molar-refractivity contribution in [1.82, 2.24) is 20.2 Å². The number of rotatable bonds is 13. The van der Waals surface area contributed by atoms with E-state index in [2.05, 4.69) is 16.0 Å². The van der Waals surface area contributed by atoms with Gasteiger partial charge in [-0.15, -0.1) is 0 Å². The molecule has 284 valence electrons. The zero-order valence-electron chi connectivity index (χ0n) is 31.4. The Morgan fingerprint density at radius 2 is 1.83 bits per heavy atom. The molecule has 3 heterocycles. The number of nitrogens with zero attached hydrogens (tertiary/aromatic N) is 2. The number of nitrogens with one attached hydrogen (secondary N) is 3. The number of aromatic nitrogens is 2. The average molecular weight is 740 g/mol. The average Bonchev–Trinajstić information content (AvgIpc) is 3.50. The van der Waals surface area contributed by atoms with Gasteiger partial charge in [0.05, 0.1) is 36.1 Å². The second-order valence-corrected chi connectivity index (χ2v) is 14.5. The third-order valence-electron chi connectivity index (χ3n) is 10.3. The normalized spacial score (nSPS) is 15.3. The number of pyridine rings is 2. The van der Waals surface area contributed by atoms with E-state index in [-0.39, 0.29) is 48.9 Å². The van der Waals surface area contributed by atoms with Crippen LogP contribution in [0.4, 0.5) is 14.9 Å². The van der Waals surface area contributed by atoms with Crippen molar-refractivity contribution in [3.63, 3.8) is 0 Å². The molecule has 6 rings (SSSR count).